The lowest BCUT2D eigenvalue weighted by molar-refractivity contribution is -0.132. The molecule has 1 fully saturated rings. The number of fused-ring (bicyclic) bond motifs is 1. The highest BCUT2D eigenvalue weighted by atomic mass is 79.9. The van der Waals surface area contributed by atoms with E-state index in [0.29, 0.717) is 23.1 Å². The van der Waals surface area contributed by atoms with Crippen LogP contribution in [0.1, 0.15) is 37.0 Å². The number of rotatable bonds is 5. The molecule has 0 unspecified atom stereocenters. The molecule has 0 bridgehead atoms. The molecule has 8 heteroatoms. The molecule has 3 atom stereocenters. The van der Waals surface area contributed by atoms with Crippen LogP contribution in [0.15, 0.2) is 16.7 Å². The summed E-state index contributed by atoms with van der Waals surface area (Å²) in [5.41, 5.74) is 0.359. The molecule has 1 aliphatic carbocycles. The Morgan fingerprint density at radius 1 is 1.52 bits per heavy atom. The predicted octanol–water partition coefficient (Wildman–Crippen LogP) is 1.93. The van der Waals surface area contributed by atoms with Gasteiger partial charge in [-0.05, 0) is 41.8 Å². The smallest absolute Gasteiger partial charge is 0.259 e. The molecule has 7 nitrogen and oxygen atoms in total. The van der Waals surface area contributed by atoms with Gasteiger partial charge in [-0.3, -0.25) is 9.59 Å². The van der Waals surface area contributed by atoms with Gasteiger partial charge in [-0.25, -0.2) is 4.98 Å². The summed E-state index contributed by atoms with van der Waals surface area (Å²) >= 11 is 3.36. The van der Waals surface area contributed by atoms with Gasteiger partial charge >= 0.3 is 0 Å². The number of ether oxygens (including phenoxy) is 1. The van der Waals surface area contributed by atoms with Gasteiger partial charge in [0.1, 0.15) is 11.7 Å². The van der Waals surface area contributed by atoms with Gasteiger partial charge in [0, 0.05) is 36.1 Å². The van der Waals surface area contributed by atoms with E-state index in [2.05, 4.69) is 20.9 Å². The van der Waals surface area contributed by atoms with Gasteiger partial charge in [0.2, 0.25) is 11.8 Å². The van der Waals surface area contributed by atoms with Crippen molar-refractivity contribution < 1.29 is 19.4 Å². The molecule has 1 aromatic rings. The van der Waals surface area contributed by atoms with Gasteiger partial charge in [0.25, 0.3) is 5.91 Å². The van der Waals surface area contributed by atoms with Crippen LogP contribution in [0.3, 0.4) is 0 Å². The number of carbonyl (C=O) groups excluding carboxylic acids is 2. The largest absolute Gasteiger partial charge is 0.472 e. The Balaban J connectivity index is 1.90. The van der Waals surface area contributed by atoms with E-state index in [9.17, 15) is 14.7 Å². The Morgan fingerprint density at radius 2 is 2.22 bits per heavy atom. The number of carbonyl (C=O) groups is 2. The van der Waals surface area contributed by atoms with Crippen molar-refractivity contribution in [1.29, 1.82) is 0 Å². The van der Waals surface area contributed by atoms with Crippen molar-refractivity contribution in [2.24, 2.45) is 11.8 Å². The van der Waals surface area contributed by atoms with Crippen LogP contribution in [0, 0.1) is 11.8 Å². The minimum absolute atomic E-state index is 0.0315. The number of amides is 2. The number of hydrogen-bond acceptors (Lipinski definition) is 5. The number of aromatic nitrogens is 1. The van der Waals surface area contributed by atoms with Crippen molar-refractivity contribution in [3.63, 3.8) is 0 Å². The molecule has 0 aromatic carbocycles. The van der Waals surface area contributed by atoms with Gasteiger partial charge in [-0.2, -0.15) is 0 Å². The molecule has 2 aliphatic rings. The van der Waals surface area contributed by atoms with E-state index in [0.717, 1.165) is 12.8 Å². The first-order chi connectivity index (χ1) is 12.8. The van der Waals surface area contributed by atoms with Crippen LogP contribution >= 0.6 is 15.9 Å². The molecule has 0 saturated heterocycles. The van der Waals surface area contributed by atoms with Crippen molar-refractivity contribution in [1.82, 2.24) is 14.8 Å². The average molecular weight is 440 g/mol. The zero-order chi connectivity index (χ0) is 19.7. The van der Waals surface area contributed by atoms with E-state index in [1.165, 1.54) is 0 Å². The summed E-state index contributed by atoms with van der Waals surface area (Å²) in [6.07, 6.45) is 3.21. The Morgan fingerprint density at radius 3 is 2.85 bits per heavy atom. The van der Waals surface area contributed by atoms with Gasteiger partial charge in [-0.15, -0.1) is 0 Å². The Bertz CT molecular complexity index is 725. The highest BCUT2D eigenvalue weighted by molar-refractivity contribution is 9.10. The summed E-state index contributed by atoms with van der Waals surface area (Å²) in [6, 6.07) is 1.37. The Labute approximate surface area is 167 Å². The maximum absolute atomic E-state index is 13.0. The van der Waals surface area contributed by atoms with Crippen LogP contribution in [0.25, 0.3) is 0 Å². The zero-order valence-corrected chi connectivity index (χ0v) is 17.5. The van der Waals surface area contributed by atoms with E-state index in [1.54, 1.807) is 29.1 Å². The number of pyridine rings is 1. The van der Waals surface area contributed by atoms with Gasteiger partial charge in [0.15, 0.2) is 0 Å². The fraction of sp³-hybridized carbons (Fsp3) is 0.632. The Kier molecular flexibility index (Phi) is 6.05. The monoisotopic (exact) mass is 439 g/mol. The first-order valence-corrected chi connectivity index (χ1v) is 10.1. The molecule has 148 valence electrons. The van der Waals surface area contributed by atoms with Crippen LogP contribution in [-0.4, -0.2) is 70.6 Å². The molecule has 3 rings (SSSR count). The molecular formula is C19H26BrN3O4. The molecule has 2 amide bonds. The highest BCUT2D eigenvalue weighted by Crippen LogP contribution is 2.32. The average Bonchev–Trinajstić information content (AvgIpc) is 3.49. The fourth-order valence-electron chi connectivity index (χ4n) is 3.30. The van der Waals surface area contributed by atoms with Crippen molar-refractivity contribution >= 4 is 27.7 Å². The molecule has 1 N–H and O–H groups in total. The van der Waals surface area contributed by atoms with E-state index < -0.39 is 0 Å². The summed E-state index contributed by atoms with van der Waals surface area (Å²) < 4.78 is 6.80. The van der Waals surface area contributed by atoms with Gasteiger partial charge in [0.05, 0.1) is 19.2 Å². The minimum atomic E-state index is -0.323. The molecule has 2 heterocycles. The van der Waals surface area contributed by atoms with Crippen LogP contribution in [-0.2, 0) is 4.79 Å². The maximum atomic E-state index is 13.0. The fourth-order valence-corrected chi connectivity index (χ4v) is 3.63. The maximum Gasteiger partial charge on any atom is 0.259 e. The standard InChI is InChI=1S/C19H26BrN3O4/c1-11-8-23(12(2)10-24)19(26)15-6-14(20)7-21-17(15)27-16(11)9-22(3)18(25)13-4-5-13/h6-7,11-13,16,24H,4-5,8-10H2,1-3H3/t11-,12+,16+/m0/s1. The number of halogens is 1. The summed E-state index contributed by atoms with van der Waals surface area (Å²) in [4.78, 5) is 33.1. The second-order valence-corrected chi connectivity index (χ2v) is 8.54. The van der Waals surface area contributed by atoms with Crippen molar-refractivity contribution in [2.75, 3.05) is 26.7 Å². The number of aliphatic hydroxyl groups is 1. The molecule has 27 heavy (non-hydrogen) atoms. The molecular weight excluding hydrogens is 414 g/mol. The van der Waals surface area contributed by atoms with Crippen LogP contribution in [0.4, 0.5) is 0 Å². The third-order valence-corrected chi connectivity index (χ3v) is 5.68. The highest BCUT2D eigenvalue weighted by Gasteiger charge is 2.37. The molecule has 1 saturated carbocycles. The van der Waals surface area contributed by atoms with Crippen molar-refractivity contribution in [3.05, 3.63) is 22.3 Å². The van der Waals surface area contributed by atoms with Crippen molar-refractivity contribution in [2.45, 2.75) is 38.8 Å². The normalized spacial score (nSPS) is 23.7. The topological polar surface area (TPSA) is 83.0 Å². The summed E-state index contributed by atoms with van der Waals surface area (Å²) in [7, 11) is 1.80. The molecule has 1 aromatic heterocycles. The van der Waals surface area contributed by atoms with Gasteiger partial charge in [-0.1, -0.05) is 6.92 Å². The number of hydrogen-bond donors (Lipinski definition) is 1. The molecule has 0 spiro atoms. The molecule has 0 radical (unpaired) electrons. The third kappa shape index (κ3) is 4.43. The summed E-state index contributed by atoms with van der Waals surface area (Å²) in [5.74, 6) is 0.312. The first kappa shape index (κ1) is 20.1. The third-order valence-electron chi connectivity index (χ3n) is 5.24. The summed E-state index contributed by atoms with van der Waals surface area (Å²) in [5, 5.41) is 9.60. The number of nitrogens with zero attached hydrogens (tertiary/aromatic N) is 3. The lowest BCUT2D eigenvalue weighted by Crippen LogP contribution is -2.50. The van der Waals surface area contributed by atoms with Crippen molar-refractivity contribution in [3.8, 4) is 5.88 Å². The lowest BCUT2D eigenvalue weighted by Gasteiger charge is -2.37. The number of likely N-dealkylation sites (N-methyl/N-ethyl adjacent to an activating group) is 1. The predicted molar refractivity (Wildman–Crippen MR) is 103 cm³/mol. The zero-order valence-electron chi connectivity index (χ0n) is 15.9. The van der Waals surface area contributed by atoms with Gasteiger partial charge < -0.3 is 19.6 Å². The summed E-state index contributed by atoms with van der Waals surface area (Å²) in [6.45, 7) is 4.55. The quantitative estimate of drug-likeness (QED) is 0.757. The second-order valence-electron chi connectivity index (χ2n) is 7.62. The van der Waals surface area contributed by atoms with Crippen LogP contribution in [0.5, 0.6) is 5.88 Å². The van der Waals surface area contributed by atoms with E-state index >= 15 is 0 Å². The van der Waals surface area contributed by atoms with E-state index in [-0.39, 0.29) is 48.3 Å². The number of aliphatic hydroxyl groups excluding tert-OH is 1. The first-order valence-electron chi connectivity index (χ1n) is 9.30. The van der Waals surface area contributed by atoms with Crippen LogP contribution < -0.4 is 4.74 Å². The SMILES string of the molecule is C[C@H](CO)N1C[C@H](C)[C@@H](CN(C)C(=O)C2CC2)Oc2ncc(Br)cc2C1=O. The van der Waals surface area contributed by atoms with E-state index in [4.69, 9.17) is 4.74 Å². The second kappa shape index (κ2) is 8.14. The van der Waals surface area contributed by atoms with E-state index in [1.807, 2.05) is 13.8 Å². The molecule has 1 aliphatic heterocycles. The van der Waals surface area contributed by atoms with Crippen LogP contribution in [0.2, 0.25) is 0 Å². The Hall–Kier alpha value is -1.67. The lowest BCUT2D eigenvalue weighted by atomic mass is 10.00. The minimum Gasteiger partial charge on any atom is -0.472 e.